The lowest BCUT2D eigenvalue weighted by Gasteiger charge is -2.64. The lowest BCUT2D eigenvalue weighted by Crippen LogP contribution is -2.71. The van der Waals surface area contributed by atoms with E-state index in [1.807, 2.05) is 0 Å². The highest BCUT2D eigenvalue weighted by Gasteiger charge is 2.58. The average molecular weight is 389 g/mol. The molecule has 1 amide bonds. The molecule has 1 aromatic heterocycles. The largest absolute Gasteiger partial charge is 0.465 e. The molecule has 2 aliphatic heterocycles. The summed E-state index contributed by atoms with van der Waals surface area (Å²) >= 11 is 4.94. The van der Waals surface area contributed by atoms with Gasteiger partial charge in [-0.15, -0.1) is 10.2 Å². The minimum Gasteiger partial charge on any atom is -0.465 e. The summed E-state index contributed by atoms with van der Waals surface area (Å²) in [6.07, 6.45) is 1.06. The second kappa shape index (κ2) is 5.33. The molecular formula is C14H21BrN4O2S. The molecule has 2 aliphatic rings. The second-order valence-corrected chi connectivity index (χ2v) is 9.60. The number of aromatic nitrogens is 2. The van der Waals surface area contributed by atoms with Gasteiger partial charge in [-0.2, -0.15) is 0 Å². The summed E-state index contributed by atoms with van der Waals surface area (Å²) < 4.78 is 0.803. The van der Waals surface area contributed by atoms with E-state index in [2.05, 4.69) is 51.8 Å². The molecule has 1 unspecified atom stereocenters. The maximum absolute atomic E-state index is 11.1. The van der Waals surface area contributed by atoms with Gasteiger partial charge in [0.15, 0.2) is 3.92 Å². The second-order valence-electron chi connectivity index (χ2n) is 7.37. The fourth-order valence-corrected chi connectivity index (χ4v) is 5.30. The van der Waals surface area contributed by atoms with E-state index in [4.69, 9.17) is 5.11 Å². The van der Waals surface area contributed by atoms with Crippen LogP contribution in [0.25, 0.3) is 0 Å². The molecule has 1 atom stereocenters. The van der Waals surface area contributed by atoms with Gasteiger partial charge in [0.1, 0.15) is 0 Å². The molecule has 0 bridgehead atoms. The summed E-state index contributed by atoms with van der Waals surface area (Å²) in [7, 11) is 0. The molecule has 8 heteroatoms. The van der Waals surface area contributed by atoms with E-state index in [1.54, 1.807) is 11.3 Å². The monoisotopic (exact) mass is 388 g/mol. The van der Waals surface area contributed by atoms with Crippen LogP contribution < -0.4 is 4.90 Å². The molecule has 22 heavy (non-hydrogen) atoms. The van der Waals surface area contributed by atoms with Gasteiger partial charge in [-0.1, -0.05) is 32.1 Å². The smallest absolute Gasteiger partial charge is 0.407 e. The molecular weight excluding hydrogens is 368 g/mol. The van der Waals surface area contributed by atoms with Crippen molar-refractivity contribution in [3.05, 3.63) is 3.92 Å². The topological polar surface area (TPSA) is 69.6 Å². The molecule has 2 fully saturated rings. The third-order valence-corrected chi connectivity index (χ3v) is 6.26. The van der Waals surface area contributed by atoms with Crippen LogP contribution in [-0.4, -0.2) is 52.0 Å². The Morgan fingerprint density at radius 3 is 2.45 bits per heavy atom. The van der Waals surface area contributed by atoms with Crippen molar-refractivity contribution < 1.29 is 9.90 Å². The summed E-state index contributed by atoms with van der Waals surface area (Å²) in [4.78, 5) is 15.0. The molecule has 1 N–H and O–H groups in total. The lowest BCUT2D eigenvalue weighted by molar-refractivity contribution is -0.00994. The normalized spacial score (nSPS) is 24.5. The molecule has 1 spiro atoms. The Morgan fingerprint density at radius 2 is 2.00 bits per heavy atom. The van der Waals surface area contributed by atoms with Crippen molar-refractivity contribution in [1.82, 2.24) is 15.1 Å². The first-order valence-corrected chi connectivity index (χ1v) is 9.07. The van der Waals surface area contributed by atoms with E-state index >= 15 is 0 Å². The summed E-state index contributed by atoms with van der Waals surface area (Å²) in [6, 6.07) is 0.371. The maximum Gasteiger partial charge on any atom is 0.407 e. The van der Waals surface area contributed by atoms with E-state index in [9.17, 15) is 4.79 Å². The quantitative estimate of drug-likeness (QED) is 0.798. The predicted molar refractivity (Wildman–Crippen MR) is 89.5 cm³/mol. The Balaban J connectivity index is 1.81. The Labute approximate surface area is 142 Å². The van der Waals surface area contributed by atoms with Gasteiger partial charge in [-0.05, 0) is 34.2 Å². The molecule has 6 nitrogen and oxygen atoms in total. The van der Waals surface area contributed by atoms with Gasteiger partial charge in [-0.25, -0.2) is 4.79 Å². The average Bonchev–Trinajstić information content (AvgIpc) is 2.80. The highest BCUT2D eigenvalue weighted by Crippen LogP contribution is 2.54. The number of nitrogens with zero attached hydrogens (tertiary/aromatic N) is 4. The Bertz CT molecular complexity index is 578. The van der Waals surface area contributed by atoms with Crippen molar-refractivity contribution in [2.24, 2.45) is 10.8 Å². The fraction of sp³-hybridized carbons (Fsp3) is 0.786. The zero-order valence-electron chi connectivity index (χ0n) is 13.0. The van der Waals surface area contributed by atoms with Gasteiger partial charge < -0.3 is 14.9 Å². The zero-order chi connectivity index (χ0) is 16.1. The van der Waals surface area contributed by atoms with E-state index in [1.165, 1.54) is 4.90 Å². The van der Waals surface area contributed by atoms with Crippen LogP contribution in [0, 0.1) is 10.8 Å². The van der Waals surface area contributed by atoms with Crippen molar-refractivity contribution in [2.45, 2.75) is 39.7 Å². The SMILES string of the molecule is CC(C)(C)C1N(c2nnc(Br)s2)CC12CCN(C(=O)O)CC2. The van der Waals surface area contributed by atoms with Crippen molar-refractivity contribution in [3.8, 4) is 0 Å². The van der Waals surface area contributed by atoms with E-state index in [0.29, 0.717) is 19.1 Å². The molecule has 122 valence electrons. The van der Waals surface area contributed by atoms with Crippen LogP contribution in [0.5, 0.6) is 0 Å². The third kappa shape index (κ3) is 2.60. The number of hydrogen-bond acceptors (Lipinski definition) is 5. The molecule has 3 rings (SSSR count). The Morgan fingerprint density at radius 1 is 1.36 bits per heavy atom. The molecule has 2 saturated heterocycles. The van der Waals surface area contributed by atoms with Crippen LogP contribution in [0.4, 0.5) is 9.93 Å². The van der Waals surface area contributed by atoms with E-state index < -0.39 is 6.09 Å². The van der Waals surface area contributed by atoms with Gasteiger partial charge in [0.05, 0.1) is 0 Å². The number of rotatable bonds is 1. The first-order chi connectivity index (χ1) is 10.2. The highest BCUT2D eigenvalue weighted by atomic mass is 79.9. The van der Waals surface area contributed by atoms with Crippen LogP contribution in [0.3, 0.4) is 0 Å². The Kier molecular flexibility index (Phi) is 3.87. The van der Waals surface area contributed by atoms with Crippen molar-refractivity contribution in [3.63, 3.8) is 0 Å². The summed E-state index contributed by atoms with van der Waals surface area (Å²) in [6.45, 7) is 8.98. The lowest BCUT2D eigenvalue weighted by atomic mass is 9.58. The number of carbonyl (C=O) groups is 1. The first-order valence-electron chi connectivity index (χ1n) is 7.46. The number of piperidine rings is 1. The van der Waals surface area contributed by atoms with Crippen LogP contribution in [0.1, 0.15) is 33.6 Å². The molecule has 3 heterocycles. The number of anilines is 1. The standard InChI is InChI=1S/C14H21BrN4O2S/c1-13(2,3)9-14(4-6-18(7-5-14)12(20)21)8-19(9)11-17-16-10(15)22-11/h9H,4-8H2,1-3H3,(H,20,21). The van der Waals surface area contributed by atoms with Gasteiger partial charge in [-0.3, -0.25) is 0 Å². The van der Waals surface area contributed by atoms with E-state index in [-0.39, 0.29) is 10.8 Å². The molecule has 0 aliphatic carbocycles. The van der Waals surface area contributed by atoms with Gasteiger partial charge in [0, 0.05) is 31.1 Å². The first kappa shape index (κ1) is 16.0. The molecule has 0 saturated carbocycles. The van der Waals surface area contributed by atoms with E-state index in [0.717, 1.165) is 28.4 Å². The zero-order valence-corrected chi connectivity index (χ0v) is 15.4. The summed E-state index contributed by atoms with van der Waals surface area (Å²) in [5.41, 5.74) is 0.310. The number of carboxylic acid groups (broad SMARTS) is 1. The number of amides is 1. The predicted octanol–water partition coefficient (Wildman–Crippen LogP) is 3.30. The maximum atomic E-state index is 11.1. The van der Waals surface area contributed by atoms with Crippen LogP contribution in [-0.2, 0) is 0 Å². The molecule has 1 aromatic rings. The summed E-state index contributed by atoms with van der Waals surface area (Å²) in [5.74, 6) is 0. The van der Waals surface area contributed by atoms with Crippen molar-refractivity contribution in [1.29, 1.82) is 0 Å². The number of hydrogen-bond donors (Lipinski definition) is 1. The van der Waals surface area contributed by atoms with Crippen molar-refractivity contribution in [2.75, 3.05) is 24.5 Å². The number of likely N-dealkylation sites (tertiary alicyclic amines) is 1. The fourth-order valence-electron chi connectivity index (χ4n) is 4.19. The Hall–Kier alpha value is -0.890. The molecule has 0 radical (unpaired) electrons. The van der Waals surface area contributed by atoms with Gasteiger partial charge >= 0.3 is 6.09 Å². The number of halogens is 1. The summed E-state index contributed by atoms with van der Waals surface area (Å²) in [5, 5.41) is 18.4. The van der Waals surface area contributed by atoms with Gasteiger partial charge in [0.2, 0.25) is 5.13 Å². The van der Waals surface area contributed by atoms with Crippen LogP contribution in [0.15, 0.2) is 3.92 Å². The minimum atomic E-state index is -0.800. The highest BCUT2D eigenvalue weighted by molar-refractivity contribution is 9.11. The minimum absolute atomic E-state index is 0.113. The van der Waals surface area contributed by atoms with Crippen molar-refractivity contribution >= 4 is 38.5 Å². The van der Waals surface area contributed by atoms with Crippen LogP contribution in [0.2, 0.25) is 0 Å². The van der Waals surface area contributed by atoms with Crippen LogP contribution >= 0.6 is 27.3 Å². The van der Waals surface area contributed by atoms with Gasteiger partial charge in [0.25, 0.3) is 0 Å². The molecule has 0 aromatic carbocycles. The third-order valence-electron chi connectivity index (χ3n) is 4.86.